The first-order chi connectivity index (χ1) is 12.4. The smallest absolute Gasteiger partial charge is 0.347 e. The topological polar surface area (TPSA) is 93.7 Å². The van der Waals surface area contributed by atoms with Gasteiger partial charge in [0.1, 0.15) is 5.75 Å². The molecule has 0 saturated carbocycles. The molecule has 0 bridgehead atoms. The molecule has 0 unspecified atom stereocenters. The highest BCUT2D eigenvalue weighted by Crippen LogP contribution is 2.24. The average molecular weight is 378 g/mol. The van der Waals surface area contributed by atoms with Crippen LogP contribution >= 0.6 is 0 Å². The van der Waals surface area contributed by atoms with E-state index in [1.165, 1.54) is 13.8 Å². The van der Waals surface area contributed by atoms with Crippen molar-refractivity contribution in [2.45, 2.75) is 72.1 Å². The van der Waals surface area contributed by atoms with Crippen LogP contribution in [0.25, 0.3) is 0 Å². The molecule has 7 heteroatoms. The number of nitrogens with one attached hydrogen (secondary N) is 2. The molecule has 0 radical (unpaired) electrons. The van der Waals surface area contributed by atoms with Gasteiger partial charge < -0.3 is 14.8 Å². The molecular weight excluding hydrogens is 348 g/mol. The zero-order valence-corrected chi connectivity index (χ0v) is 17.1. The SMILES string of the molecule is CC(C)NC(=O)NC(=O)[C@@H](C)OC(=O)[C@H](C)Oc1ccc(C(C)(C)C)cc1. The molecule has 0 aromatic heterocycles. The molecule has 2 N–H and O–H groups in total. The molecule has 1 aromatic carbocycles. The van der Waals surface area contributed by atoms with Gasteiger partial charge in [-0.05, 0) is 50.8 Å². The monoisotopic (exact) mass is 378 g/mol. The standard InChI is InChI=1S/C20H30N2O5/c1-12(2)21-19(25)22-17(23)13(3)27-18(24)14(4)26-16-10-8-15(9-11-16)20(5,6)7/h8-14H,1-7H3,(H2,21,22,23,25)/t13-,14+/m1/s1. The summed E-state index contributed by atoms with van der Waals surface area (Å²) in [6.07, 6.45) is -2.02. The van der Waals surface area contributed by atoms with E-state index in [-0.39, 0.29) is 11.5 Å². The lowest BCUT2D eigenvalue weighted by molar-refractivity contribution is -0.160. The predicted octanol–water partition coefficient (Wildman–Crippen LogP) is 2.92. The normalized spacial score (nSPS) is 13.5. The zero-order valence-electron chi connectivity index (χ0n) is 17.1. The number of urea groups is 1. The van der Waals surface area contributed by atoms with Crippen molar-refractivity contribution in [3.8, 4) is 5.75 Å². The van der Waals surface area contributed by atoms with Crippen LogP contribution in [0.4, 0.5) is 4.79 Å². The number of carbonyl (C=O) groups is 3. The number of amides is 3. The van der Waals surface area contributed by atoms with Gasteiger partial charge in [-0.3, -0.25) is 10.1 Å². The molecule has 0 saturated heterocycles. The van der Waals surface area contributed by atoms with Crippen molar-refractivity contribution >= 4 is 17.9 Å². The number of esters is 1. The van der Waals surface area contributed by atoms with Crippen LogP contribution in [0.3, 0.4) is 0 Å². The van der Waals surface area contributed by atoms with Crippen molar-refractivity contribution < 1.29 is 23.9 Å². The Labute approximate surface area is 160 Å². The summed E-state index contributed by atoms with van der Waals surface area (Å²) in [7, 11) is 0. The van der Waals surface area contributed by atoms with Gasteiger partial charge in [0, 0.05) is 6.04 Å². The van der Waals surface area contributed by atoms with Gasteiger partial charge in [-0.1, -0.05) is 32.9 Å². The molecule has 150 valence electrons. The third-order valence-corrected chi connectivity index (χ3v) is 3.68. The first-order valence-electron chi connectivity index (χ1n) is 8.99. The molecule has 0 fully saturated rings. The molecule has 7 nitrogen and oxygen atoms in total. The average Bonchev–Trinajstić information content (AvgIpc) is 2.53. The van der Waals surface area contributed by atoms with Crippen molar-refractivity contribution in [3.05, 3.63) is 29.8 Å². The number of carbonyl (C=O) groups excluding carboxylic acids is 3. The van der Waals surface area contributed by atoms with Gasteiger partial charge in [0.25, 0.3) is 5.91 Å². The molecule has 0 spiro atoms. The first-order valence-corrected chi connectivity index (χ1v) is 8.99. The maximum absolute atomic E-state index is 12.1. The minimum absolute atomic E-state index is 0.0216. The molecule has 2 atom stereocenters. The van der Waals surface area contributed by atoms with Crippen LogP contribution < -0.4 is 15.4 Å². The number of benzene rings is 1. The van der Waals surface area contributed by atoms with Crippen LogP contribution in [-0.2, 0) is 19.7 Å². The molecule has 3 amide bonds. The van der Waals surface area contributed by atoms with Crippen LogP contribution in [0.1, 0.15) is 54.0 Å². The Balaban J connectivity index is 2.56. The van der Waals surface area contributed by atoms with E-state index >= 15 is 0 Å². The fourth-order valence-corrected chi connectivity index (χ4v) is 2.12. The Morgan fingerprint density at radius 2 is 1.48 bits per heavy atom. The highest BCUT2D eigenvalue weighted by molar-refractivity contribution is 5.97. The number of imide groups is 1. The second-order valence-corrected chi connectivity index (χ2v) is 7.73. The molecule has 1 rings (SSSR count). The summed E-state index contributed by atoms with van der Waals surface area (Å²) in [6.45, 7) is 12.8. The van der Waals surface area contributed by atoms with E-state index in [2.05, 4.69) is 31.4 Å². The van der Waals surface area contributed by atoms with Gasteiger partial charge in [0.2, 0.25) is 0 Å². The van der Waals surface area contributed by atoms with E-state index < -0.39 is 30.1 Å². The Morgan fingerprint density at radius 3 is 1.96 bits per heavy atom. The Kier molecular flexibility index (Phi) is 7.82. The Hall–Kier alpha value is -2.57. The van der Waals surface area contributed by atoms with Gasteiger partial charge in [-0.2, -0.15) is 0 Å². The van der Waals surface area contributed by atoms with E-state index in [1.807, 2.05) is 12.1 Å². The van der Waals surface area contributed by atoms with Crippen molar-refractivity contribution in [2.75, 3.05) is 0 Å². The zero-order chi connectivity index (χ0) is 20.8. The maximum atomic E-state index is 12.1. The van der Waals surface area contributed by atoms with Crippen LogP contribution in [0.2, 0.25) is 0 Å². The number of hydrogen-bond acceptors (Lipinski definition) is 5. The van der Waals surface area contributed by atoms with Gasteiger partial charge >= 0.3 is 12.0 Å². The third kappa shape index (κ3) is 7.68. The van der Waals surface area contributed by atoms with Crippen LogP contribution in [-0.4, -0.2) is 36.2 Å². The lowest BCUT2D eigenvalue weighted by Gasteiger charge is -2.20. The van der Waals surface area contributed by atoms with Gasteiger partial charge in [0.15, 0.2) is 12.2 Å². The minimum atomic E-state index is -1.12. The van der Waals surface area contributed by atoms with Crippen LogP contribution in [0, 0.1) is 0 Å². The largest absolute Gasteiger partial charge is 0.479 e. The molecule has 0 aliphatic rings. The van der Waals surface area contributed by atoms with E-state index in [0.29, 0.717) is 5.75 Å². The summed E-state index contributed by atoms with van der Waals surface area (Å²) in [6, 6.07) is 6.70. The highest BCUT2D eigenvalue weighted by atomic mass is 16.6. The summed E-state index contributed by atoms with van der Waals surface area (Å²) in [4.78, 5) is 35.5. The fraction of sp³-hybridized carbons (Fsp3) is 0.550. The fourth-order valence-electron chi connectivity index (χ4n) is 2.12. The Bertz CT molecular complexity index is 662. The van der Waals surface area contributed by atoms with E-state index in [0.717, 1.165) is 5.56 Å². The molecule has 0 aliphatic carbocycles. The predicted molar refractivity (Wildman–Crippen MR) is 103 cm³/mol. The number of hydrogen-bond donors (Lipinski definition) is 2. The summed E-state index contributed by atoms with van der Waals surface area (Å²) < 4.78 is 10.6. The lowest BCUT2D eigenvalue weighted by atomic mass is 9.87. The van der Waals surface area contributed by atoms with E-state index in [4.69, 9.17) is 9.47 Å². The number of rotatable bonds is 6. The quantitative estimate of drug-likeness (QED) is 0.743. The second-order valence-electron chi connectivity index (χ2n) is 7.73. The molecule has 0 heterocycles. The van der Waals surface area contributed by atoms with Crippen molar-refractivity contribution in [1.82, 2.24) is 10.6 Å². The van der Waals surface area contributed by atoms with E-state index in [1.54, 1.807) is 26.0 Å². The Morgan fingerprint density at radius 1 is 0.926 bits per heavy atom. The maximum Gasteiger partial charge on any atom is 0.347 e. The number of ether oxygens (including phenoxy) is 2. The second kappa shape index (κ2) is 9.39. The van der Waals surface area contributed by atoms with Crippen molar-refractivity contribution in [3.63, 3.8) is 0 Å². The minimum Gasteiger partial charge on any atom is -0.479 e. The van der Waals surface area contributed by atoms with Gasteiger partial charge in [-0.25, -0.2) is 9.59 Å². The van der Waals surface area contributed by atoms with Crippen LogP contribution in [0.15, 0.2) is 24.3 Å². The summed E-state index contributed by atoms with van der Waals surface area (Å²) in [5, 5.41) is 4.63. The summed E-state index contributed by atoms with van der Waals surface area (Å²) in [5.41, 5.74) is 1.17. The first kappa shape index (κ1) is 22.5. The van der Waals surface area contributed by atoms with E-state index in [9.17, 15) is 14.4 Å². The third-order valence-electron chi connectivity index (χ3n) is 3.68. The molecule has 0 aliphatic heterocycles. The van der Waals surface area contributed by atoms with Gasteiger partial charge in [-0.15, -0.1) is 0 Å². The van der Waals surface area contributed by atoms with Crippen molar-refractivity contribution in [2.24, 2.45) is 0 Å². The van der Waals surface area contributed by atoms with Crippen LogP contribution in [0.5, 0.6) is 5.75 Å². The van der Waals surface area contributed by atoms with Gasteiger partial charge in [0.05, 0.1) is 0 Å². The summed E-state index contributed by atoms with van der Waals surface area (Å²) >= 11 is 0. The molecule has 27 heavy (non-hydrogen) atoms. The highest BCUT2D eigenvalue weighted by Gasteiger charge is 2.24. The summed E-state index contributed by atoms with van der Waals surface area (Å²) in [5.74, 6) is -0.870. The van der Waals surface area contributed by atoms with Crippen molar-refractivity contribution in [1.29, 1.82) is 0 Å². The molecule has 1 aromatic rings. The lowest BCUT2D eigenvalue weighted by Crippen LogP contribution is -2.47. The molecular formula is C20H30N2O5.